The lowest BCUT2D eigenvalue weighted by molar-refractivity contribution is 0.0600. The number of esters is 1. The normalized spacial score (nSPS) is 12.3. The number of nitrogens with zero attached hydrogens (tertiary/aromatic N) is 1. The van der Waals surface area contributed by atoms with Crippen molar-refractivity contribution >= 4 is 17.6 Å². The Labute approximate surface area is 185 Å². The molecule has 0 atom stereocenters. The molecule has 0 bridgehead atoms. The summed E-state index contributed by atoms with van der Waals surface area (Å²) in [5, 5.41) is 13.3. The van der Waals surface area contributed by atoms with E-state index in [2.05, 4.69) is 32.2 Å². The molecule has 3 N–H and O–H groups in total. The van der Waals surface area contributed by atoms with Crippen LogP contribution in [0.15, 0.2) is 47.3 Å². The first-order valence-corrected chi connectivity index (χ1v) is 10.6. The van der Waals surface area contributed by atoms with E-state index in [1.807, 2.05) is 6.07 Å². The van der Waals surface area contributed by atoms with Gasteiger partial charge in [-0.2, -0.15) is 4.98 Å². The molecule has 166 valence electrons. The number of aryl methyl sites for hydroxylation is 2. The van der Waals surface area contributed by atoms with Gasteiger partial charge in [-0.25, -0.2) is 4.79 Å². The molecule has 1 aliphatic rings. The van der Waals surface area contributed by atoms with Gasteiger partial charge in [0, 0.05) is 5.69 Å². The van der Waals surface area contributed by atoms with Gasteiger partial charge < -0.3 is 19.9 Å². The van der Waals surface area contributed by atoms with Crippen LogP contribution in [-0.2, 0) is 24.0 Å². The quantitative estimate of drug-likeness (QED) is 0.366. The number of hydrogen-bond acceptors (Lipinski definition) is 7. The van der Waals surface area contributed by atoms with Crippen LogP contribution in [0.1, 0.15) is 39.9 Å². The van der Waals surface area contributed by atoms with Crippen molar-refractivity contribution in [1.82, 2.24) is 9.97 Å². The molecule has 8 heteroatoms. The van der Waals surface area contributed by atoms with Gasteiger partial charge >= 0.3 is 5.97 Å². The van der Waals surface area contributed by atoms with Crippen LogP contribution in [0, 0.1) is 0 Å². The highest BCUT2D eigenvalue weighted by Gasteiger charge is 2.13. The summed E-state index contributed by atoms with van der Waals surface area (Å²) in [4.78, 5) is 30.7. The number of aromatic amines is 1. The summed E-state index contributed by atoms with van der Waals surface area (Å²) in [7, 11) is 1.33. The highest BCUT2D eigenvalue weighted by Crippen LogP contribution is 2.26. The number of anilines is 2. The van der Waals surface area contributed by atoms with Gasteiger partial charge in [0.25, 0.3) is 5.56 Å². The molecule has 8 nitrogen and oxygen atoms in total. The average Bonchev–Trinajstić information content (AvgIpc) is 3.26. The number of fused-ring (bicyclic) bond motifs is 1. The summed E-state index contributed by atoms with van der Waals surface area (Å²) < 4.78 is 10.3. The number of carbonyl (C=O) groups excluding carboxylic acids is 1. The Morgan fingerprint density at radius 3 is 2.69 bits per heavy atom. The van der Waals surface area contributed by atoms with Gasteiger partial charge in [0.05, 0.1) is 24.8 Å². The summed E-state index contributed by atoms with van der Waals surface area (Å²) in [6.07, 6.45) is 4.13. The Balaban J connectivity index is 1.32. The number of benzene rings is 2. The van der Waals surface area contributed by atoms with Crippen LogP contribution >= 0.6 is 0 Å². The van der Waals surface area contributed by atoms with E-state index in [-0.39, 0.29) is 23.0 Å². The predicted molar refractivity (Wildman–Crippen MR) is 120 cm³/mol. The van der Waals surface area contributed by atoms with Crippen LogP contribution in [0.3, 0.4) is 0 Å². The molecule has 2 aromatic carbocycles. The highest BCUT2D eigenvalue weighted by atomic mass is 16.5. The zero-order valence-corrected chi connectivity index (χ0v) is 17.8. The molecule has 0 fully saturated rings. The lowest BCUT2D eigenvalue weighted by Gasteiger charge is -2.10. The summed E-state index contributed by atoms with van der Waals surface area (Å²) in [5.41, 5.74) is 3.76. The van der Waals surface area contributed by atoms with Crippen LogP contribution in [-0.4, -0.2) is 34.8 Å². The van der Waals surface area contributed by atoms with E-state index >= 15 is 0 Å². The molecule has 1 heterocycles. The third-order valence-corrected chi connectivity index (χ3v) is 5.47. The van der Waals surface area contributed by atoms with Crippen LogP contribution in [0.2, 0.25) is 0 Å². The summed E-state index contributed by atoms with van der Waals surface area (Å²) in [6.45, 7) is 0.339. The molecule has 0 saturated heterocycles. The van der Waals surface area contributed by atoms with Crippen molar-refractivity contribution in [2.75, 3.05) is 19.0 Å². The molecule has 0 aliphatic heterocycles. The van der Waals surface area contributed by atoms with E-state index in [4.69, 9.17) is 4.74 Å². The Hall–Kier alpha value is -3.81. The molecule has 1 aliphatic carbocycles. The van der Waals surface area contributed by atoms with Gasteiger partial charge in [-0.05, 0) is 79.6 Å². The lowest BCUT2D eigenvalue weighted by atomic mass is 10.1. The standard InChI is InChI=1S/C24H25N3O5/c1-31-23(30)16-8-11-19(12-9-16)32-13-3-6-20-21(28)26-24(27-22(20)29)25-18-10-7-15-4-2-5-17(15)14-18/h7-12,14H,2-6,13H2,1H3,(H3,25,26,27,28,29). The first-order valence-electron chi connectivity index (χ1n) is 10.6. The van der Waals surface area contributed by atoms with E-state index in [0.717, 1.165) is 24.9 Å². The number of ether oxygens (including phenoxy) is 2. The number of aromatic hydroxyl groups is 1. The van der Waals surface area contributed by atoms with Gasteiger partial charge in [-0.1, -0.05) is 6.07 Å². The molecule has 32 heavy (non-hydrogen) atoms. The van der Waals surface area contributed by atoms with Gasteiger partial charge in [0.15, 0.2) is 0 Å². The zero-order valence-electron chi connectivity index (χ0n) is 17.8. The van der Waals surface area contributed by atoms with Crippen molar-refractivity contribution in [3.8, 4) is 11.6 Å². The van der Waals surface area contributed by atoms with E-state index in [1.54, 1.807) is 24.3 Å². The Morgan fingerprint density at radius 1 is 1.16 bits per heavy atom. The highest BCUT2D eigenvalue weighted by molar-refractivity contribution is 5.89. The fourth-order valence-corrected chi connectivity index (χ4v) is 3.80. The molecular formula is C24H25N3O5. The number of aromatic nitrogens is 2. The van der Waals surface area contributed by atoms with E-state index < -0.39 is 5.97 Å². The Kier molecular flexibility index (Phi) is 6.39. The van der Waals surface area contributed by atoms with Crippen LogP contribution in [0.4, 0.5) is 11.6 Å². The second kappa shape index (κ2) is 9.55. The fraction of sp³-hybridized carbons (Fsp3) is 0.292. The Bertz CT molecular complexity index is 1170. The second-order valence-electron chi connectivity index (χ2n) is 7.65. The van der Waals surface area contributed by atoms with Crippen molar-refractivity contribution < 1.29 is 19.4 Å². The monoisotopic (exact) mass is 435 g/mol. The van der Waals surface area contributed by atoms with E-state index in [1.165, 1.54) is 18.2 Å². The number of methoxy groups -OCH3 is 1. The minimum absolute atomic E-state index is 0.205. The molecule has 0 saturated carbocycles. The number of rotatable bonds is 8. The van der Waals surface area contributed by atoms with Gasteiger partial charge in [-0.3, -0.25) is 9.78 Å². The average molecular weight is 435 g/mol. The van der Waals surface area contributed by atoms with Crippen molar-refractivity contribution in [3.05, 3.63) is 75.1 Å². The maximum absolute atomic E-state index is 12.5. The SMILES string of the molecule is COC(=O)c1ccc(OCCCc2c(O)nc(Nc3ccc4c(c3)CCC4)[nH]c2=O)cc1. The largest absolute Gasteiger partial charge is 0.494 e. The molecule has 4 rings (SSSR count). The topological polar surface area (TPSA) is 114 Å². The van der Waals surface area contributed by atoms with Crippen LogP contribution in [0.25, 0.3) is 0 Å². The number of H-pyrrole nitrogens is 1. The molecule has 0 spiro atoms. The van der Waals surface area contributed by atoms with Gasteiger partial charge in [0.2, 0.25) is 11.8 Å². The van der Waals surface area contributed by atoms with Crippen molar-refractivity contribution in [2.45, 2.75) is 32.1 Å². The summed E-state index contributed by atoms with van der Waals surface area (Å²) in [6, 6.07) is 12.7. The fourth-order valence-electron chi connectivity index (χ4n) is 3.80. The third-order valence-electron chi connectivity index (χ3n) is 5.47. The molecule has 0 radical (unpaired) electrons. The predicted octanol–water partition coefficient (Wildman–Crippen LogP) is 3.51. The maximum atomic E-state index is 12.5. The maximum Gasteiger partial charge on any atom is 0.337 e. The minimum atomic E-state index is -0.409. The van der Waals surface area contributed by atoms with Crippen molar-refractivity contribution in [1.29, 1.82) is 0 Å². The molecule has 0 amide bonds. The number of hydrogen-bond donors (Lipinski definition) is 3. The van der Waals surface area contributed by atoms with Gasteiger partial charge in [0.1, 0.15) is 5.75 Å². The Morgan fingerprint density at radius 2 is 1.94 bits per heavy atom. The van der Waals surface area contributed by atoms with Crippen LogP contribution < -0.4 is 15.6 Å². The first kappa shape index (κ1) is 21.4. The smallest absolute Gasteiger partial charge is 0.337 e. The molecule has 0 unspecified atom stereocenters. The first-order chi connectivity index (χ1) is 15.5. The second-order valence-corrected chi connectivity index (χ2v) is 7.65. The molecule has 3 aromatic rings. The summed E-state index contributed by atoms with van der Waals surface area (Å²) >= 11 is 0. The van der Waals surface area contributed by atoms with Crippen LogP contribution in [0.5, 0.6) is 11.6 Å². The number of carbonyl (C=O) groups is 1. The summed E-state index contributed by atoms with van der Waals surface area (Å²) in [5.74, 6) is 0.103. The lowest BCUT2D eigenvalue weighted by Crippen LogP contribution is -2.17. The van der Waals surface area contributed by atoms with Gasteiger partial charge in [-0.15, -0.1) is 0 Å². The van der Waals surface area contributed by atoms with Crippen molar-refractivity contribution in [2.24, 2.45) is 0 Å². The molecule has 1 aromatic heterocycles. The molecular weight excluding hydrogens is 410 g/mol. The van der Waals surface area contributed by atoms with E-state index in [9.17, 15) is 14.7 Å². The van der Waals surface area contributed by atoms with Crippen molar-refractivity contribution in [3.63, 3.8) is 0 Å². The van der Waals surface area contributed by atoms with E-state index in [0.29, 0.717) is 30.8 Å². The minimum Gasteiger partial charge on any atom is -0.494 e. The third kappa shape index (κ3) is 4.91. The zero-order chi connectivity index (χ0) is 22.5. The number of nitrogens with one attached hydrogen (secondary N) is 2.